The molecule has 0 aliphatic carbocycles. The normalized spacial score (nSPS) is 3.95. The minimum absolute atomic E-state index is 1.88. The Morgan fingerprint density at radius 1 is 0.104 bits per heavy atom. The van der Waals surface area contributed by atoms with E-state index in [2.05, 4.69) is 442 Å². The van der Waals surface area contributed by atoms with Gasteiger partial charge in [-0.3, -0.25) is 0 Å². The average Bonchev–Trinajstić information content (AvgIpc) is 3.44. The minimum atomic E-state index is 1.88. The van der Waals surface area contributed by atoms with Crippen molar-refractivity contribution in [1.82, 2.24) is 0 Å². The van der Waals surface area contributed by atoms with Crippen LogP contribution in [-0.4, -0.2) is 0 Å². The third-order valence-electron chi connectivity index (χ3n) is 4.62. The largest absolute Gasteiger partial charge is 0.106 e. The maximum atomic E-state index is 4.95. The predicted octanol–water partition coefficient (Wildman–Crippen LogP) is 1.14. The Hall–Kier alpha value is -16.0. The van der Waals surface area contributed by atoms with Gasteiger partial charge in [-0.2, -0.15) is 0 Å². The highest BCUT2D eigenvalue weighted by Gasteiger charge is 1.65. The molecule has 0 aliphatic heterocycles. The fourth-order valence-electron chi connectivity index (χ4n) is 2.28. The number of hydrogen-bond donors (Lipinski definition) is 0. The van der Waals surface area contributed by atoms with Crippen LogP contribution in [0.3, 0.4) is 0 Å². The van der Waals surface area contributed by atoms with E-state index in [0.717, 1.165) is 0 Å². The maximum Gasteiger partial charge on any atom is 0.0192 e. The third kappa shape index (κ3) is 60.0. The third-order valence-corrected chi connectivity index (χ3v) is 4.89. The summed E-state index contributed by atoms with van der Waals surface area (Å²) in [4.78, 5) is 0. The summed E-state index contributed by atoms with van der Waals surface area (Å²) in [7, 11) is 0. The van der Waals surface area contributed by atoms with Gasteiger partial charge in [0.2, 0.25) is 0 Å². The first kappa shape index (κ1) is 61.0. The maximum absolute atomic E-state index is 4.95. The van der Waals surface area contributed by atoms with Crippen LogP contribution in [0.15, 0.2) is 0 Å². The van der Waals surface area contributed by atoms with Gasteiger partial charge >= 0.3 is 0 Å². The van der Waals surface area contributed by atoms with Crippen LogP contribution in [0.4, 0.5) is 0 Å². The van der Waals surface area contributed by atoms with Crippen molar-refractivity contribution in [2.45, 2.75) is 0 Å². The number of hydrogen-bond acceptors (Lipinski definition) is 0. The van der Waals surface area contributed by atoms with Gasteiger partial charge in [0, 0.05) is 366 Å². The molecule has 0 heterocycles. The molecule has 0 spiro atoms. The van der Waals surface area contributed by atoms with Crippen LogP contribution in [0.1, 0.15) is 0 Å². The molecule has 0 fully saturated rings. The van der Waals surface area contributed by atoms with E-state index in [4.69, 9.17) is 6.42 Å². The van der Waals surface area contributed by atoms with Crippen molar-refractivity contribution in [3.63, 3.8) is 0 Å². The molecule has 0 aromatic heterocycles. The summed E-state index contributed by atoms with van der Waals surface area (Å²) in [5.41, 5.74) is 0. The van der Waals surface area contributed by atoms with Gasteiger partial charge in [0.05, 0.1) is 0 Å². The van der Waals surface area contributed by atoms with Gasteiger partial charge in [0.1, 0.15) is 0 Å². The summed E-state index contributed by atoms with van der Waals surface area (Å²) < 4.78 is 2.59. The Kier molecular flexibility index (Phi) is 47.5. The molecule has 0 aromatic rings. The molecule has 0 aromatic carbocycles. The summed E-state index contributed by atoms with van der Waals surface area (Å²) in [6.45, 7) is 0. The Labute approximate surface area is 467 Å². The van der Waals surface area contributed by atoms with E-state index in [1.165, 1.54) is 0 Å². The summed E-state index contributed by atoms with van der Waals surface area (Å²) in [5.74, 6) is 184. The van der Waals surface area contributed by atoms with E-state index in [-0.39, 0.29) is 0 Å². The van der Waals surface area contributed by atoms with Crippen LogP contribution in [-0.2, 0) is 0 Å². The molecule has 0 nitrogen and oxygen atoms in total. The molecule has 0 atom stereocenters. The zero-order valence-corrected chi connectivity index (χ0v) is 40.6. The zero-order chi connectivity index (χ0) is 55.0. The SMILES string of the molecule is C#CC#CC#CC#CC#CC#CC#CC#CC#CC#CC#CC#CC#CC#CC#CC#CC#CC#CC#CC#CC#CC#CC#CC#CC#CC#CC#CC#CC#CC#CC#CC#CC#CC#CC#CC#CC#CC#CI. The molecule has 1 heteroatoms. The van der Waals surface area contributed by atoms with Gasteiger partial charge in [0.15, 0.2) is 0 Å². The predicted molar refractivity (Wildman–Crippen MR) is 311 cm³/mol. The van der Waals surface area contributed by atoms with Crippen molar-refractivity contribution >= 4 is 22.6 Å². The van der Waals surface area contributed by atoms with Crippen LogP contribution >= 0.6 is 22.6 Å². The lowest BCUT2D eigenvalue weighted by Gasteiger charge is -1.58. The Balaban J connectivity index is 4.61. The standard InChI is InChI=1S/C76HI/c1-2-3-4-5-6-7-8-9-10-11-12-13-14-15-16-17-18-19-20-21-22-23-24-25-26-27-28-29-30-31-32-33-34-35-36-37-38-39-40-41-42-43-44-45-46-47-48-49-50-51-52-53-54-55-56-57-58-59-60-61-62-63-64-65-66-67-68-69-70-71-72-73-74-75-76-77/h1H. The van der Waals surface area contributed by atoms with Crippen LogP contribution in [0, 0.1) is 448 Å². The average molecular weight is 1040 g/mol. The lowest BCUT2D eigenvalue weighted by Crippen LogP contribution is -1.57. The smallest absolute Gasteiger partial charge is 0.0192 e. The Morgan fingerprint density at radius 2 is 0.169 bits per heavy atom. The van der Waals surface area contributed by atoms with E-state index < -0.39 is 0 Å². The van der Waals surface area contributed by atoms with E-state index in [1.54, 1.807) is 0 Å². The molecule has 0 radical (unpaired) electrons. The minimum Gasteiger partial charge on any atom is -0.106 e. The van der Waals surface area contributed by atoms with Gasteiger partial charge in [-0.25, -0.2) is 0 Å². The van der Waals surface area contributed by atoms with Crippen LogP contribution < -0.4 is 0 Å². The molecule has 0 saturated heterocycles. The van der Waals surface area contributed by atoms with Gasteiger partial charge in [-0.15, -0.1) is 6.42 Å². The number of rotatable bonds is 0. The topological polar surface area (TPSA) is 0 Å². The molecule has 0 rings (SSSR count). The van der Waals surface area contributed by atoms with Crippen molar-refractivity contribution in [1.29, 1.82) is 0 Å². The van der Waals surface area contributed by atoms with Gasteiger partial charge in [0.25, 0.3) is 0 Å². The summed E-state index contributed by atoms with van der Waals surface area (Å²) in [6.07, 6.45) is 4.95. The summed E-state index contributed by atoms with van der Waals surface area (Å²) >= 11 is 1.88. The molecular formula is C76HI. The van der Waals surface area contributed by atoms with E-state index in [9.17, 15) is 0 Å². The van der Waals surface area contributed by atoms with Gasteiger partial charge in [-0.05, 0) is 98.7 Å². The second-order valence-electron chi connectivity index (χ2n) is 9.36. The first-order valence-corrected chi connectivity index (χ1v) is 20.1. The van der Waals surface area contributed by atoms with Crippen LogP contribution in [0.5, 0.6) is 0 Å². The van der Waals surface area contributed by atoms with E-state index in [0.29, 0.717) is 0 Å². The van der Waals surface area contributed by atoms with Crippen LogP contribution in [0.25, 0.3) is 0 Å². The number of terminal acetylenes is 1. The highest BCUT2D eigenvalue weighted by molar-refractivity contribution is 14.1. The van der Waals surface area contributed by atoms with E-state index in [1.807, 2.05) is 22.6 Å². The number of halogens is 1. The van der Waals surface area contributed by atoms with Crippen molar-refractivity contribution in [3.05, 3.63) is 0 Å². The Bertz CT molecular complexity index is 5170. The Morgan fingerprint density at radius 3 is 0.234 bits per heavy atom. The van der Waals surface area contributed by atoms with Crippen molar-refractivity contribution in [2.75, 3.05) is 0 Å². The lowest BCUT2D eigenvalue weighted by atomic mass is 10.4. The monoisotopic (exact) mass is 1040 g/mol. The first-order valence-electron chi connectivity index (χ1n) is 19.0. The molecule has 77 heavy (non-hydrogen) atoms. The molecule has 0 N–H and O–H groups in total. The van der Waals surface area contributed by atoms with Gasteiger partial charge < -0.3 is 0 Å². The van der Waals surface area contributed by atoms with Crippen molar-refractivity contribution in [3.8, 4) is 448 Å². The van der Waals surface area contributed by atoms with Gasteiger partial charge in [-0.1, -0.05) is 0 Å². The second kappa shape index (κ2) is 60.0. The molecule has 0 aliphatic rings. The van der Waals surface area contributed by atoms with Crippen LogP contribution in [0.2, 0.25) is 0 Å². The lowest BCUT2D eigenvalue weighted by molar-refractivity contribution is 2.31. The molecule has 312 valence electrons. The first-order chi connectivity index (χ1) is 38.4. The molecule has 0 amide bonds. The summed E-state index contributed by atoms with van der Waals surface area (Å²) in [5, 5.41) is 0. The van der Waals surface area contributed by atoms with E-state index >= 15 is 0 Å². The quantitative estimate of drug-likeness (QED) is 0.253. The fourth-order valence-corrected chi connectivity index (χ4v) is 2.41. The highest BCUT2D eigenvalue weighted by Crippen LogP contribution is 1.68. The van der Waals surface area contributed by atoms with Crippen molar-refractivity contribution in [2.24, 2.45) is 0 Å². The molecule has 0 bridgehead atoms. The second-order valence-corrected chi connectivity index (χ2v) is 9.90. The zero-order valence-electron chi connectivity index (χ0n) is 38.5. The molecule has 0 saturated carbocycles. The summed E-state index contributed by atoms with van der Waals surface area (Å²) in [6, 6.07) is 0. The molecule has 0 unspecified atom stereocenters. The fraction of sp³-hybridized carbons (Fsp3) is 0. The van der Waals surface area contributed by atoms with Crippen molar-refractivity contribution < 1.29 is 0 Å². The highest BCUT2D eigenvalue weighted by atomic mass is 127. The molecular weight excluding hydrogens is 1040 g/mol.